The molecule has 2 aliphatic heterocycles. The Kier molecular flexibility index (Phi) is 16.4. The first-order chi connectivity index (χ1) is 26.2. The maximum Gasteiger partial charge on any atom is 0.412 e. The molecule has 2 fully saturated rings. The first-order valence-corrected chi connectivity index (χ1v) is 19.3. The molecule has 2 heterocycles. The molecule has 0 spiro atoms. The molecule has 0 radical (unpaired) electrons. The normalized spacial score (nSPS) is 14.1. The van der Waals surface area contributed by atoms with E-state index in [-0.39, 0.29) is 12.2 Å². The van der Waals surface area contributed by atoms with Crippen LogP contribution in [0.25, 0.3) is 0 Å². The highest BCUT2D eigenvalue weighted by Gasteiger charge is 2.24. The smallest absolute Gasteiger partial charge is 0.412 e. The van der Waals surface area contributed by atoms with Gasteiger partial charge in [0.2, 0.25) is 0 Å². The van der Waals surface area contributed by atoms with Crippen LogP contribution in [0.4, 0.5) is 41.9 Å². The molecular formula is C40H60N6O9. The van der Waals surface area contributed by atoms with E-state index in [1.165, 1.54) is 0 Å². The molecule has 4 rings (SSSR count). The minimum Gasteiger partial charge on any atom is -0.449 e. The lowest BCUT2D eigenvalue weighted by molar-refractivity contribution is -0.0291. The van der Waals surface area contributed by atoms with E-state index in [9.17, 15) is 19.2 Å². The lowest BCUT2D eigenvalue weighted by Crippen LogP contribution is -2.31. The zero-order valence-electron chi connectivity index (χ0n) is 33.3. The molecule has 304 valence electrons. The molecule has 55 heavy (non-hydrogen) atoms. The summed E-state index contributed by atoms with van der Waals surface area (Å²) in [6.45, 7) is 18.7. The third-order valence-corrected chi connectivity index (χ3v) is 9.24. The number of anilines is 4. The minimum absolute atomic E-state index is 0.264. The summed E-state index contributed by atoms with van der Waals surface area (Å²) in [7, 11) is 0. The van der Waals surface area contributed by atoms with Gasteiger partial charge in [-0.1, -0.05) is 12.1 Å². The van der Waals surface area contributed by atoms with Crippen molar-refractivity contribution in [2.45, 2.75) is 91.3 Å². The molecule has 0 bridgehead atoms. The monoisotopic (exact) mass is 768 g/mol. The largest absolute Gasteiger partial charge is 0.449 e. The second-order valence-corrected chi connectivity index (χ2v) is 15.3. The van der Waals surface area contributed by atoms with Gasteiger partial charge in [0.15, 0.2) is 0 Å². The zero-order valence-corrected chi connectivity index (χ0v) is 33.3. The van der Waals surface area contributed by atoms with Crippen molar-refractivity contribution in [3.8, 4) is 0 Å². The fourth-order valence-corrected chi connectivity index (χ4v) is 5.57. The molecule has 15 heteroatoms. The van der Waals surface area contributed by atoms with Crippen LogP contribution in [0.5, 0.6) is 0 Å². The average Bonchev–Trinajstić information content (AvgIpc) is 4.04. The van der Waals surface area contributed by atoms with Gasteiger partial charge in [0.1, 0.15) is 18.8 Å². The van der Waals surface area contributed by atoms with Crippen LogP contribution in [0.15, 0.2) is 36.4 Å². The van der Waals surface area contributed by atoms with E-state index in [2.05, 4.69) is 31.1 Å². The summed E-state index contributed by atoms with van der Waals surface area (Å²) in [4.78, 5) is 53.8. The van der Waals surface area contributed by atoms with Gasteiger partial charge >= 0.3 is 24.4 Å². The molecule has 2 saturated heterocycles. The van der Waals surface area contributed by atoms with E-state index in [1.54, 1.807) is 36.4 Å². The van der Waals surface area contributed by atoms with Crippen molar-refractivity contribution in [3.05, 3.63) is 47.5 Å². The van der Waals surface area contributed by atoms with E-state index >= 15 is 0 Å². The Morgan fingerprint density at radius 2 is 1.00 bits per heavy atom. The van der Waals surface area contributed by atoms with Crippen molar-refractivity contribution in [1.82, 2.24) is 9.80 Å². The summed E-state index contributed by atoms with van der Waals surface area (Å²) in [6, 6.07) is 10.5. The van der Waals surface area contributed by atoms with Crippen LogP contribution < -0.4 is 21.3 Å². The third-order valence-electron chi connectivity index (χ3n) is 9.24. The lowest BCUT2D eigenvalue weighted by atomic mass is 10.00. The van der Waals surface area contributed by atoms with Gasteiger partial charge in [-0.05, 0) is 115 Å². The van der Waals surface area contributed by atoms with Gasteiger partial charge in [0.25, 0.3) is 0 Å². The quantitative estimate of drug-likeness (QED) is 0.0525. The van der Waals surface area contributed by atoms with Crippen molar-refractivity contribution in [2.24, 2.45) is 0 Å². The molecule has 0 atom stereocenters. The predicted octanol–water partition coefficient (Wildman–Crippen LogP) is 7.74. The number of amides is 4. The molecule has 2 aromatic carbocycles. The van der Waals surface area contributed by atoms with E-state index in [0.29, 0.717) is 55.4 Å². The van der Waals surface area contributed by atoms with Crippen LogP contribution in [0, 0.1) is 13.8 Å². The van der Waals surface area contributed by atoms with E-state index in [1.807, 2.05) is 41.5 Å². The number of aryl methyl sites for hydroxylation is 2. The van der Waals surface area contributed by atoms with E-state index < -0.39 is 30.0 Å². The summed E-state index contributed by atoms with van der Waals surface area (Å²) < 4.78 is 27.7. The van der Waals surface area contributed by atoms with Crippen molar-refractivity contribution in [3.63, 3.8) is 0 Å². The zero-order chi connectivity index (χ0) is 39.8. The topological polar surface area (TPSA) is 169 Å². The molecule has 0 aromatic heterocycles. The highest BCUT2D eigenvalue weighted by atomic mass is 16.6. The fourth-order valence-electron chi connectivity index (χ4n) is 5.57. The maximum absolute atomic E-state index is 12.7. The number of ether oxygens (including phenoxy) is 5. The number of rotatable bonds is 22. The van der Waals surface area contributed by atoms with Gasteiger partial charge in [0.05, 0.1) is 12.2 Å². The molecule has 4 amide bonds. The molecule has 0 aliphatic carbocycles. The second-order valence-electron chi connectivity index (χ2n) is 15.3. The Morgan fingerprint density at radius 1 is 0.564 bits per heavy atom. The summed E-state index contributed by atoms with van der Waals surface area (Å²) >= 11 is 0. The highest BCUT2D eigenvalue weighted by molar-refractivity contribution is 5.90. The standard InChI is InChI=1S/C40H60N6O9/c1-29-11-13-31(27-33(29)43-36(48)52-25-21-45-17-18-45)41-35(47)51-23-9-7-15-39(3,4)54-24-10-8-16-40(5,6)55-38(50)42-32-14-12-30(2)34(28-32)44-37(49)53-26-22-46-19-20-46/h11-14,27-28H,7-10,15-26H2,1-6H3,(H,41,47)(H,42,50)(H,43,48)(H,44,49). The van der Waals surface area contributed by atoms with Gasteiger partial charge in [-0.25, -0.2) is 19.2 Å². The number of carbonyl (C=O) groups is 4. The SMILES string of the molecule is Cc1ccc(NC(=O)OCCCCC(C)(C)OCCCCC(C)(C)OC(=O)Nc2ccc(C)c(NC(=O)OCCN3CC3)c2)cc1NC(=O)OCCN1CC1. The van der Waals surface area contributed by atoms with Crippen molar-refractivity contribution < 1.29 is 42.9 Å². The number of hydrogen-bond acceptors (Lipinski definition) is 11. The van der Waals surface area contributed by atoms with E-state index in [0.717, 1.165) is 76.1 Å². The van der Waals surface area contributed by atoms with Crippen LogP contribution in [-0.4, -0.2) is 111 Å². The van der Waals surface area contributed by atoms with Crippen LogP contribution in [-0.2, 0) is 23.7 Å². The van der Waals surface area contributed by atoms with Crippen LogP contribution in [0.3, 0.4) is 0 Å². The number of benzene rings is 2. The molecular weight excluding hydrogens is 708 g/mol. The third kappa shape index (κ3) is 17.6. The van der Waals surface area contributed by atoms with Crippen molar-refractivity contribution >= 4 is 47.1 Å². The fraction of sp³-hybridized carbons (Fsp3) is 0.600. The van der Waals surface area contributed by atoms with Gasteiger partial charge < -0.3 is 23.7 Å². The van der Waals surface area contributed by atoms with Gasteiger partial charge in [-0.15, -0.1) is 0 Å². The Bertz CT molecular complexity index is 1590. The Hall–Kier alpha value is -4.60. The maximum atomic E-state index is 12.7. The van der Waals surface area contributed by atoms with Crippen LogP contribution in [0.2, 0.25) is 0 Å². The number of carbonyl (C=O) groups excluding carboxylic acids is 4. The summed E-state index contributed by atoms with van der Waals surface area (Å²) in [5, 5.41) is 10.9. The summed E-state index contributed by atoms with van der Waals surface area (Å²) in [6.07, 6.45) is 2.35. The minimum atomic E-state index is -0.695. The molecule has 2 aliphatic rings. The van der Waals surface area contributed by atoms with Crippen LogP contribution in [0.1, 0.15) is 77.3 Å². The van der Waals surface area contributed by atoms with E-state index in [4.69, 9.17) is 23.7 Å². The highest BCUT2D eigenvalue weighted by Crippen LogP contribution is 2.25. The van der Waals surface area contributed by atoms with Crippen LogP contribution >= 0.6 is 0 Å². The average molecular weight is 769 g/mol. The molecule has 2 aromatic rings. The number of nitrogens with one attached hydrogen (secondary N) is 4. The molecule has 0 saturated carbocycles. The molecule has 4 N–H and O–H groups in total. The second kappa shape index (κ2) is 20.9. The van der Waals surface area contributed by atoms with Gasteiger partial charge in [-0.3, -0.25) is 31.1 Å². The predicted molar refractivity (Wildman–Crippen MR) is 212 cm³/mol. The van der Waals surface area contributed by atoms with Gasteiger partial charge in [-0.2, -0.15) is 0 Å². The first-order valence-electron chi connectivity index (χ1n) is 19.3. The summed E-state index contributed by atoms with van der Waals surface area (Å²) in [5.41, 5.74) is 2.75. The Morgan fingerprint density at radius 3 is 1.51 bits per heavy atom. The molecule has 0 unspecified atom stereocenters. The van der Waals surface area contributed by atoms with Crippen molar-refractivity contribution in [1.29, 1.82) is 0 Å². The summed E-state index contributed by atoms with van der Waals surface area (Å²) in [5.74, 6) is 0. The lowest BCUT2D eigenvalue weighted by Gasteiger charge is -2.27. The van der Waals surface area contributed by atoms with Crippen molar-refractivity contribution in [2.75, 3.05) is 87.0 Å². The van der Waals surface area contributed by atoms with Gasteiger partial charge in [0, 0.05) is 68.6 Å². The number of nitrogens with zero attached hydrogens (tertiary/aromatic N) is 2. The number of unbranched alkanes of at least 4 members (excludes halogenated alkanes) is 2. The Labute approximate surface area is 325 Å². The molecule has 15 nitrogen and oxygen atoms in total. The first kappa shape index (κ1) is 43.1. The number of hydrogen-bond donors (Lipinski definition) is 4. The Balaban J connectivity index is 1.04.